The lowest BCUT2D eigenvalue weighted by atomic mass is 10.1. The summed E-state index contributed by atoms with van der Waals surface area (Å²) in [6.45, 7) is 2.26. The van der Waals surface area contributed by atoms with Crippen LogP contribution in [-0.4, -0.2) is 47.1 Å². The Kier molecular flexibility index (Phi) is 4.70. The van der Waals surface area contributed by atoms with Gasteiger partial charge in [-0.15, -0.1) is 0 Å². The van der Waals surface area contributed by atoms with E-state index in [4.69, 9.17) is 5.73 Å². The second-order valence-electron chi connectivity index (χ2n) is 4.23. The lowest BCUT2D eigenvalue weighted by molar-refractivity contribution is -0.132. The van der Waals surface area contributed by atoms with E-state index in [9.17, 15) is 9.59 Å². The van der Waals surface area contributed by atoms with Gasteiger partial charge in [0.15, 0.2) is 0 Å². The molecule has 18 heavy (non-hydrogen) atoms. The molecule has 7 heteroatoms. The van der Waals surface area contributed by atoms with E-state index in [1.54, 1.807) is 33.3 Å². The van der Waals surface area contributed by atoms with Crippen molar-refractivity contribution in [2.45, 2.75) is 13.5 Å². The molecule has 0 aliphatic rings. The molecule has 7 nitrogen and oxygen atoms in total. The van der Waals surface area contributed by atoms with Gasteiger partial charge in [0.1, 0.15) is 12.4 Å². The highest BCUT2D eigenvalue weighted by Crippen LogP contribution is 2.01. The van der Waals surface area contributed by atoms with Gasteiger partial charge < -0.3 is 16.0 Å². The zero-order valence-electron chi connectivity index (χ0n) is 10.9. The number of carbonyl (C=O) groups is 2. The summed E-state index contributed by atoms with van der Waals surface area (Å²) < 4.78 is 1.47. The zero-order chi connectivity index (χ0) is 13.7. The first kappa shape index (κ1) is 14.0. The molecule has 0 aliphatic heterocycles. The minimum Gasteiger partial charge on any atom is -0.382 e. The van der Waals surface area contributed by atoms with Gasteiger partial charge in [0.25, 0.3) is 0 Å². The summed E-state index contributed by atoms with van der Waals surface area (Å²) >= 11 is 0. The predicted molar refractivity (Wildman–Crippen MR) is 67.5 cm³/mol. The molecule has 1 atom stereocenters. The molecular formula is C11H19N5O2. The van der Waals surface area contributed by atoms with Gasteiger partial charge in [-0.05, 0) is 6.07 Å². The molecule has 1 aromatic rings. The number of anilines is 1. The van der Waals surface area contributed by atoms with E-state index in [0.717, 1.165) is 0 Å². The maximum atomic E-state index is 11.9. The Morgan fingerprint density at radius 3 is 2.78 bits per heavy atom. The Balaban J connectivity index is 2.49. The molecule has 0 fully saturated rings. The fourth-order valence-corrected chi connectivity index (χ4v) is 1.57. The molecule has 0 spiro atoms. The molecule has 1 rings (SSSR count). The smallest absolute Gasteiger partial charge is 0.244 e. The van der Waals surface area contributed by atoms with Gasteiger partial charge in [0.05, 0.1) is 5.92 Å². The van der Waals surface area contributed by atoms with Crippen LogP contribution in [0.4, 0.5) is 5.82 Å². The van der Waals surface area contributed by atoms with Crippen LogP contribution < -0.4 is 11.1 Å². The van der Waals surface area contributed by atoms with Crippen LogP contribution in [0.15, 0.2) is 12.3 Å². The zero-order valence-corrected chi connectivity index (χ0v) is 10.9. The maximum Gasteiger partial charge on any atom is 0.244 e. The Hall–Kier alpha value is -2.05. The van der Waals surface area contributed by atoms with Crippen molar-refractivity contribution in [3.63, 3.8) is 0 Å². The van der Waals surface area contributed by atoms with Gasteiger partial charge in [0, 0.05) is 26.8 Å². The average Bonchev–Trinajstić information content (AvgIpc) is 2.73. The minimum atomic E-state index is -0.244. The van der Waals surface area contributed by atoms with Crippen LogP contribution >= 0.6 is 0 Å². The van der Waals surface area contributed by atoms with Crippen LogP contribution in [-0.2, 0) is 16.1 Å². The summed E-state index contributed by atoms with van der Waals surface area (Å²) in [5, 5.41) is 6.48. The third kappa shape index (κ3) is 3.76. The molecule has 1 aromatic heterocycles. The molecule has 0 saturated heterocycles. The summed E-state index contributed by atoms with van der Waals surface area (Å²) in [6, 6.07) is 1.63. The molecule has 1 heterocycles. The standard InChI is InChI=1S/C11H19N5O2/c1-8(11(18)13-2)6-15(3)10(17)7-16-5-4-9(12)14-16/h4-5,8H,6-7H2,1-3H3,(H2,12,14)(H,13,18). The number of likely N-dealkylation sites (N-methyl/N-ethyl adjacent to an activating group) is 1. The average molecular weight is 253 g/mol. The molecule has 1 unspecified atom stereocenters. The Morgan fingerprint density at radius 2 is 2.28 bits per heavy atom. The first-order valence-electron chi connectivity index (χ1n) is 5.68. The van der Waals surface area contributed by atoms with E-state index in [-0.39, 0.29) is 24.3 Å². The number of amides is 2. The first-order valence-corrected chi connectivity index (χ1v) is 5.68. The number of nitrogens with one attached hydrogen (secondary N) is 1. The number of hydrogen-bond acceptors (Lipinski definition) is 4. The van der Waals surface area contributed by atoms with Crippen molar-refractivity contribution >= 4 is 17.6 Å². The van der Waals surface area contributed by atoms with E-state index in [2.05, 4.69) is 10.4 Å². The molecule has 0 bridgehead atoms. The maximum absolute atomic E-state index is 11.9. The van der Waals surface area contributed by atoms with Crippen molar-refractivity contribution in [3.8, 4) is 0 Å². The Bertz CT molecular complexity index is 429. The largest absolute Gasteiger partial charge is 0.382 e. The molecular weight excluding hydrogens is 234 g/mol. The molecule has 3 N–H and O–H groups in total. The number of rotatable bonds is 5. The van der Waals surface area contributed by atoms with Crippen LogP contribution in [0.2, 0.25) is 0 Å². The van der Waals surface area contributed by atoms with Crippen LogP contribution in [0.5, 0.6) is 0 Å². The quantitative estimate of drug-likeness (QED) is 0.726. The summed E-state index contributed by atoms with van der Waals surface area (Å²) in [7, 11) is 3.24. The Morgan fingerprint density at radius 1 is 1.61 bits per heavy atom. The Labute approximate surface area is 106 Å². The molecule has 0 aliphatic carbocycles. The van der Waals surface area contributed by atoms with E-state index < -0.39 is 0 Å². The monoisotopic (exact) mass is 253 g/mol. The van der Waals surface area contributed by atoms with Gasteiger partial charge in [0.2, 0.25) is 11.8 Å². The molecule has 2 amide bonds. The van der Waals surface area contributed by atoms with Gasteiger partial charge in [-0.3, -0.25) is 14.3 Å². The summed E-state index contributed by atoms with van der Waals surface area (Å²) in [4.78, 5) is 24.7. The number of nitrogens with two attached hydrogens (primary N) is 1. The van der Waals surface area contributed by atoms with Crippen molar-refractivity contribution in [2.75, 3.05) is 26.4 Å². The van der Waals surface area contributed by atoms with Gasteiger partial charge in [-0.1, -0.05) is 6.92 Å². The second-order valence-corrected chi connectivity index (χ2v) is 4.23. The highest BCUT2D eigenvalue weighted by atomic mass is 16.2. The predicted octanol–water partition coefficient (Wildman–Crippen LogP) is -0.694. The van der Waals surface area contributed by atoms with Crippen LogP contribution in [0.1, 0.15) is 6.92 Å². The third-order valence-electron chi connectivity index (χ3n) is 2.63. The topological polar surface area (TPSA) is 93.2 Å². The van der Waals surface area contributed by atoms with E-state index >= 15 is 0 Å². The number of aromatic nitrogens is 2. The lowest BCUT2D eigenvalue weighted by Crippen LogP contribution is -2.38. The number of carbonyl (C=O) groups excluding carboxylic acids is 2. The van der Waals surface area contributed by atoms with Crippen LogP contribution in [0.3, 0.4) is 0 Å². The van der Waals surface area contributed by atoms with Crippen molar-refractivity contribution < 1.29 is 9.59 Å². The highest BCUT2D eigenvalue weighted by Gasteiger charge is 2.17. The van der Waals surface area contributed by atoms with Crippen molar-refractivity contribution in [2.24, 2.45) is 5.92 Å². The van der Waals surface area contributed by atoms with Crippen molar-refractivity contribution in [1.29, 1.82) is 0 Å². The van der Waals surface area contributed by atoms with Crippen LogP contribution in [0.25, 0.3) is 0 Å². The molecule has 0 saturated carbocycles. The molecule has 0 radical (unpaired) electrons. The van der Waals surface area contributed by atoms with Gasteiger partial charge in [-0.25, -0.2) is 0 Å². The summed E-state index contributed by atoms with van der Waals surface area (Å²) in [6.07, 6.45) is 1.64. The third-order valence-corrected chi connectivity index (χ3v) is 2.63. The molecule has 0 aromatic carbocycles. The van der Waals surface area contributed by atoms with Gasteiger partial charge >= 0.3 is 0 Å². The normalized spacial score (nSPS) is 11.9. The van der Waals surface area contributed by atoms with E-state index in [0.29, 0.717) is 12.4 Å². The summed E-state index contributed by atoms with van der Waals surface area (Å²) in [5.74, 6) is -0.0670. The second kappa shape index (κ2) is 6.04. The SMILES string of the molecule is CNC(=O)C(C)CN(C)C(=O)Cn1ccc(N)n1. The van der Waals surface area contributed by atoms with E-state index in [1.165, 1.54) is 9.58 Å². The van der Waals surface area contributed by atoms with Gasteiger partial charge in [-0.2, -0.15) is 5.10 Å². The summed E-state index contributed by atoms with van der Waals surface area (Å²) in [5.41, 5.74) is 5.46. The number of hydrogen-bond donors (Lipinski definition) is 2. The first-order chi connectivity index (χ1) is 8.43. The number of nitrogen functional groups attached to an aromatic ring is 1. The van der Waals surface area contributed by atoms with Crippen molar-refractivity contribution in [3.05, 3.63) is 12.3 Å². The van der Waals surface area contributed by atoms with Crippen molar-refractivity contribution in [1.82, 2.24) is 20.0 Å². The highest BCUT2D eigenvalue weighted by molar-refractivity contribution is 5.80. The minimum absolute atomic E-state index is 0.0852. The fraction of sp³-hybridized carbons (Fsp3) is 0.545. The molecule has 100 valence electrons. The lowest BCUT2D eigenvalue weighted by Gasteiger charge is -2.20. The number of nitrogens with zero attached hydrogens (tertiary/aromatic N) is 3. The van der Waals surface area contributed by atoms with Crippen LogP contribution in [0, 0.1) is 5.92 Å². The van der Waals surface area contributed by atoms with E-state index in [1.807, 2.05) is 0 Å². The fourth-order valence-electron chi connectivity index (χ4n) is 1.57.